The van der Waals surface area contributed by atoms with Crippen molar-refractivity contribution in [1.82, 2.24) is 9.97 Å². The predicted octanol–water partition coefficient (Wildman–Crippen LogP) is 3.40. The second-order valence-electron chi connectivity index (χ2n) is 6.39. The first-order valence-electron chi connectivity index (χ1n) is 8.83. The first-order valence-corrected chi connectivity index (χ1v) is 9.64. The summed E-state index contributed by atoms with van der Waals surface area (Å²) >= 11 is 0.810. The van der Waals surface area contributed by atoms with Crippen LogP contribution in [0.25, 0.3) is 0 Å². The lowest BCUT2D eigenvalue weighted by molar-refractivity contribution is -0.275. The first-order chi connectivity index (χ1) is 15.0. The minimum absolute atomic E-state index is 0.00935. The number of hydrogen-bond acceptors (Lipinski definition) is 8. The van der Waals surface area contributed by atoms with E-state index in [9.17, 15) is 27.2 Å². The van der Waals surface area contributed by atoms with Gasteiger partial charge in [-0.25, -0.2) is 9.37 Å². The van der Waals surface area contributed by atoms with Crippen LogP contribution >= 0.6 is 11.3 Å². The Morgan fingerprint density at radius 1 is 1.19 bits per heavy atom. The van der Waals surface area contributed by atoms with Gasteiger partial charge in [0.05, 0.1) is 0 Å². The zero-order chi connectivity index (χ0) is 23.6. The molecular formula is C19H15F4N5O3S. The van der Waals surface area contributed by atoms with E-state index in [0.717, 1.165) is 34.4 Å². The molecule has 1 unspecified atom stereocenters. The van der Waals surface area contributed by atoms with Gasteiger partial charge in [-0.2, -0.15) is 0 Å². The fourth-order valence-electron chi connectivity index (χ4n) is 2.69. The maximum atomic E-state index is 14.3. The number of ether oxygens (including phenoxy) is 1. The van der Waals surface area contributed by atoms with Crippen molar-refractivity contribution in [1.29, 1.82) is 0 Å². The average Bonchev–Trinajstić information content (AvgIpc) is 3.10. The number of nitrogen functional groups attached to an aromatic ring is 1. The van der Waals surface area contributed by atoms with Crippen LogP contribution in [0.2, 0.25) is 0 Å². The molecule has 0 aliphatic heterocycles. The molecule has 3 aromatic rings. The van der Waals surface area contributed by atoms with E-state index in [0.29, 0.717) is 0 Å². The Bertz CT molecular complexity index is 1150. The van der Waals surface area contributed by atoms with Crippen LogP contribution in [0.5, 0.6) is 5.75 Å². The Morgan fingerprint density at radius 2 is 1.84 bits per heavy atom. The molecule has 168 valence electrons. The quantitative estimate of drug-likeness (QED) is 0.401. The molecule has 8 nitrogen and oxygen atoms in total. The third-order valence-corrected chi connectivity index (χ3v) is 5.28. The normalized spacial score (nSPS) is 12.3. The van der Waals surface area contributed by atoms with E-state index in [1.807, 2.05) is 0 Å². The number of aromatic nitrogens is 2. The molecule has 3 rings (SSSR count). The van der Waals surface area contributed by atoms with Crippen molar-refractivity contribution in [2.45, 2.75) is 19.3 Å². The van der Waals surface area contributed by atoms with Crippen molar-refractivity contribution < 1.29 is 31.9 Å². The zero-order valence-electron chi connectivity index (χ0n) is 16.3. The number of halogens is 4. The van der Waals surface area contributed by atoms with Gasteiger partial charge in [-0.3, -0.25) is 14.6 Å². The molecule has 0 fully saturated rings. The second kappa shape index (κ2) is 8.78. The summed E-state index contributed by atoms with van der Waals surface area (Å²) in [5, 5.41) is 0.00935. The molecule has 0 aliphatic rings. The van der Waals surface area contributed by atoms with Gasteiger partial charge < -0.3 is 21.1 Å². The number of anilines is 3. The van der Waals surface area contributed by atoms with Gasteiger partial charge in [0, 0.05) is 29.7 Å². The van der Waals surface area contributed by atoms with E-state index in [2.05, 4.69) is 14.7 Å². The number of nitrogens with two attached hydrogens (primary N) is 2. The van der Waals surface area contributed by atoms with E-state index in [1.54, 1.807) is 0 Å². The number of amides is 1. The number of ketones is 1. The number of rotatable bonds is 7. The highest BCUT2D eigenvalue weighted by Gasteiger charge is 2.33. The minimum atomic E-state index is -5.09. The Balaban J connectivity index is 2.04. The van der Waals surface area contributed by atoms with E-state index >= 15 is 0 Å². The van der Waals surface area contributed by atoms with Crippen LogP contribution in [-0.4, -0.2) is 34.1 Å². The van der Waals surface area contributed by atoms with E-state index in [4.69, 9.17) is 11.5 Å². The molecule has 0 aliphatic carbocycles. The van der Waals surface area contributed by atoms with Crippen LogP contribution in [0.15, 0.2) is 42.7 Å². The van der Waals surface area contributed by atoms with Gasteiger partial charge in [-0.1, -0.05) is 11.3 Å². The maximum absolute atomic E-state index is 14.3. The summed E-state index contributed by atoms with van der Waals surface area (Å²) in [6.45, 7) is 1.38. The highest BCUT2D eigenvalue weighted by molar-refractivity contribution is 7.18. The van der Waals surface area contributed by atoms with Crippen LogP contribution in [0.1, 0.15) is 22.2 Å². The lowest BCUT2D eigenvalue weighted by Gasteiger charge is -2.27. The fourth-order valence-corrected chi connectivity index (χ4v) is 3.74. The van der Waals surface area contributed by atoms with E-state index in [-0.39, 0.29) is 27.1 Å². The zero-order valence-corrected chi connectivity index (χ0v) is 17.1. The molecule has 1 atom stereocenters. The molecule has 0 saturated carbocycles. The molecule has 0 saturated heterocycles. The van der Waals surface area contributed by atoms with Gasteiger partial charge in [0.25, 0.3) is 0 Å². The largest absolute Gasteiger partial charge is 0.573 e. The van der Waals surface area contributed by atoms with Crippen molar-refractivity contribution in [3.05, 3.63) is 59.0 Å². The number of hydrogen-bond donors (Lipinski definition) is 2. The number of alkyl halides is 3. The smallest absolute Gasteiger partial charge is 0.403 e. The maximum Gasteiger partial charge on any atom is 0.573 e. The summed E-state index contributed by atoms with van der Waals surface area (Å²) in [4.78, 5) is 33.7. The number of carbonyl (C=O) groups is 2. The Labute approximate surface area is 182 Å². The molecule has 2 aromatic heterocycles. The highest BCUT2D eigenvalue weighted by Crippen LogP contribution is 2.37. The average molecular weight is 469 g/mol. The van der Waals surface area contributed by atoms with Gasteiger partial charge in [-0.05, 0) is 31.2 Å². The van der Waals surface area contributed by atoms with Crippen LogP contribution in [0.3, 0.4) is 0 Å². The summed E-state index contributed by atoms with van der Waals surface area (Å²) < 4.78 is 55.2. The van der Waals surface area contributed by atoms with Crippen LogP contribution < -0.4 is 21.1 Å². The topological polar surface area (TPSA) is 124 Å². The number of primary amides is 1. The minimum Gasteiger partial charge on any atom is -0.403 e. The van der Waals surface area contributed by atoms with Crippen LogP contribution in [-0.2, 0) is 4.79 Å². The molecule has 1 amide bonds. The molecule has 13 heteroatoms. The Kier molecular flexibility index (Phi) is 6.30. The van der Waals surface area contributed by atoms with Gasteiger partial charge >= 0.3 is 6.36 Å². The third kappa shape index (κ3) is 4.94. The number of pyridine rings is 1. The molecular weight excluding hydrogens is 454 g/mol. The lowest BCUT2D eigenvalue weighted by atomic mass is 10.1. The van der Waals surface area contributed by atoms with Crippen LogP contribution in [0.4, 0.5) is 34.2 Å². The number of thiazole rings is 1. The van der Waals surface area contributed by atoms with Crippen molar-refractivity contribution >= 4 is 39.7 Å². The molecule has 0 spiro atoms. The third-order valence-electron chi connectivity index (χ3n) is 4.22. The standard InChI is InChI=1S/C19H15F4N5O3S/c1-9(17(25)30)28(11-2-3-13(12(20)8-11)31-19(21,22)23)18-27-16(24)15(32-18)14(29)10-4-6-26-7-5-10/h2-9H,24H2,1H3,(H2,25,30). The summed E-state index contributed by atoms with van der Waals surface area (Å²) in [7, 11) is 0. The Hall–Kier alpha value is -3.74. The van der Waals surface area contributed by atoms with Gasteiger partial charge in [0.15, 0.2) is 16.7 Å². The number of nitrogens with zero attached hydrogens (tertiary/aromatic N) is 3. The van der Waals surface area contributed by atoms with Gasteiger partial charge in [-0.15, -0.1) is 13.2 Å². The van der Waals surface area contributed by atoms with E-state index < -0.39 is 35.7 Å². The highest BCUT2D eigenvalue weighted by atomic mass is 32.1. The number of benzene rings is 1. The SMILES string of the molecule is CC(C(N)=O)N(c1ccc(OC(F)(F)F)c(F)c1)c1nc(N)c(C(=O)c2ccncc2)s1. The van der Waals surface area contributed by atoms with Gasteiger partial charge in [0.2, 0.25) is 11.7 Å². The monoisotopic (exact) mass is 469 g/mol. The summed E-state index contributed by atoms with van der Waals surface area (Å²) in [5.41, 5.74) is 11.5. The van der Waals surface area contributed by atoms with Crippen molar-refractivity contribution in [3.8, 4) is 5.75 Å². The molecule has 0 bridgehead atoms. The molecule has 32 heavy (non-hydrogen) atoms. The molecule has 0 radical (unpaired) electrons. The first kappa shape index (κ1) is 22.9. The van der Waals surface area contributed by atoms with Crippen LogP contribution in [0, 0.1) is 5.82 Å². The fraction of sp³-hybridized carbons (Fsp3) is 0.158. The lowest BCUT2D eigenvalue weighted by Crippen LogP contribution is -2.40. The van der Waals surface area contributed by atoms with E-state index in [1.165, 1.54) is 31.5 Å². The summed E-state index contributed by atoms with van der Waals surface area (Å²) in [6.07, 6.45) is -2.26. The summed E-state index contributed by atoms with van der Waals surface area (Å²) in [5.74, 6) is -3.83. The summed E-state index contributed by atoms with van der Waals surface area (Å²) in [6, 6.07) is 4.39. The van der Waals surface area contributed by atoms with Crippen molar-refractivity contribution in [2.24, 2.45) is 5.73 Å². The number of carbonyl (C=O) groups excluding carboxylic acids is 2. The van der Waals surface area contributed by atoms with Gasteiger partial charge in [0.1, 0.15) is 16.7 Å². The van der Waals surface area contributed by atoms with Crippen molar-refractivity contribution in [2.75, 3.05) is 10.6 Å². The molecule has 4 N–H and O–H groups in total. The van der Waals surface area contributed by atoms with Crippen molar-refractivity contribution in [3.63, 3.8) is 0 Å². The molecule has 2 heterocycles. The second-order valence-corrected chi connectivity index (χ2v) is 7.36. The predicted molar refractivity (Wildman–Crippen MR) is 108 cm³/mol. The Morgan fingerprint density at radius 3 is 2.41 bits per heavy atom. The molecule has 1 aromatic carbocycles.